The molecule has 0 spiro atoms. The van der Waals surface area contributed by atoms with Crippen LogP contribution < -0.4 is 14.8 Å². The fourth-order valence-corrected chi connectivity index (χ4v) is 3.75. The van der Waals surface area contributed by atoms with Crippen molar-refractivity contribution >= 4 is 23.6 Å². The van der Waals surface area contributed by atoms with Crippen LogP contribution in [0.3, 0.4) is 0 Å². The Hall–Kier alpha value is -4.07. The van der Waals surface area contributed by atoms with Gasteiger partial charge in [0.05, 0.1) is 25.5 Å². The van der Waals surface area contributed by atoms with Gasteiger partial charge in [-0.1, -0.05) is 29.8 Å². The second kappa shape index (κ2) is 10.9. The smallest absolute Gasteiger partial charge is 0.331 e. The number of aromatic nitrogens is 2. The second-order valence-corrected chi connectivity index (χ2v) is 8.43. The van der Waals surface area contributed by atoms with Gasteiger partial charge in [-0.25, -0.2) is 4.79 Å². The topological polar surface area (TPSA) is 91.7 Å². The molecule has 8 heteroatoms. The number of hydrogen-bond acceptors (Lipinski definition) is 6. The van der Waals surface area contributed by atoms with Gasteiger partial charge in [0.1, 0.15) is 0 Å². The van der Waals surface area contributed by atoms with Crippen LogP contribution in [0.4, 0.5) is 5.69 Å². The molecule has 1 N–H and O–H groups in total. The number of nitrogens with zero attached hydrogens (tertiary/aromatic N) is 2. The maximum atomic E-state index is 12.2. The molecule has 2 heterocycles. The maximum Gasteiger partial charge on any atom is 0.331 e. The summed E-state index contributed by atoms with van der Waals surface area (Å²) < 4.78 is 18.2. The summed E-state index contributed by atoms with van der Waals surface area (Å²) in [4.78, 5) is 24.4. The number of aryl methyl sites for hydroxylation is 2. The number of fused-ring (bicyclic) bond motifs is 1. The molecule has 0 unspecified atom stereocenters. The average Bonchev–Trinajstić information content (AvgIpc) is 2.99. The number of hydrogen-bond donors (Lipinski definition) is 1. The van der Waals surface area contributed by atoms with E-state index in [1.54, 1.807) is 24.3 Å². The average molecular weight is 476 g/mol. The van der Waals surface area contributed by atoms with E-state index in [-0.39, 0.29) is 0 Å². The lowest BCUT2D eigenvalue weighted by Crippen LogP contribution is -2.20. The highest BCUT2D eigenvalue weighted by molar-refractivity contribution is 5.95. The quantitative estimate of drug-likeness (QED) is 0.407. The number of amides is 1. The van der Waals surface area contributed by atoms with Crippen LogP contribution in [0, 0.1) is 20.8 Å². The molecule has 0 radical (unpaired) electrons. The molecule has 8 nitrogen and oxygen atoms in total. The van der Waals surface area contributed by atoms with E-state index in [0.29, 0.717) is 36.9 Å². The molecular formula is C27H29N3O5. The lowest BCUT2D eigenvalue weighted by molar-refractivity contribution is -0.142. The summed E-state index contributed by atoms with van der Waals surface area (Å²) in [6.45, 7) is 7.30. The van der Waals surface area contributed by atoms with Gasteiger partial charge in [-0.3, -0.25) is 9.48 Å². The Morgan fingerprint density at radius 1 is 1.06 bits per heavy atom. The van der Waals surface area contributed by atoms with E-state index in [4.69, 9.17) is 14.2 Å². The highest BCUT2D eigenvalue weighted by atomic mass is 16.5. The third-order valence-electron chi connectivity index (χ3n) is 5.65. The van der Waals surface area contributed by atoms with Gasteiger partial charge in [0.2, 0.25) is 0 Å². The number of anilines is 1. The second-order valence-electron chi connectivity index (χ2n) is 8.43. The molecule has 3 aromatic rings. The number of nitrogens with one attached hydrogen (secondary N) is 1. The molecule has 0 atom stereocenters. The zero-order valence-corrected chi connectivity index (χ0v) is 20.2. The lowest BCUT2D eigenvalue weighted by Gasteiger charge is -2.10. The molecule has 1 amide bonds. The van der Waals surface area contributed by atoms with Gasteiger partial charge in [-0.2, -0.15) is 5.10 Å². The fourth-order valence-electron chi connectivity index (χ4n) is 3.75. The van der Waals surface area contributed by atoms with Crippen LogP contribution in [0.25, 0.3) is 6.08 Å². The molecule has 1 aliphatic rings. The first-order valence-electron chi connectivity index (χ1n) is 11.5. The van der Waals surface area contributed by atoms with Gasteiger partial charge in [0.25, 0.3) is 5.91 Å². The standard InChI is InChI=1S/C27H29N3O5/c1-18-5-7-21(8-6-18)16-30-20(3)23(19(2)29-30)10-12-27(32)35-17-26(31)28-22-9-11-24-25(15-22)34-14-4-13-33-24/h5-12,15H,4,13-14,16-17H2,1-3H3,(H,28,31)/b12-10+. The third kappa shape index (κ3) is 6.29. The minimum absolute atomic E-state index is 0.401. The van der Waals surface area contributed by atoms with Crippen LogP contribution in [0.2, 0.25) is 0 Å². The van der Waals surface area contributed by atoms with Gasteiger partial charge in [0.15, 0.2) is 18.1 Å². The van der Waals surface area contributed by atoms with Crippen LogP contribution in [0.5, 0.6) is 11.5 Å². The van der Waals surface area contributed by atoms with E-state index in [2.05, 4.69) is 41.6 Å². The van der Waals surface area contributed by atoms with Crippen molar-refractivity contribution in [3.05, 3.63) is 76.6 Å². The summed E-state index contributed by atoms with van der Waals surface area (Å²) in [5, 5.41) is 7.29. The van der Waals surface area contributed by atoms with Crippen LogP contribution >= 0.6 is 0 Å². The molecule has 1 aromatic heterocycles. The molecule has 2 aromatic carbocycles. The van der Waals surface area contributed by atoms with Gasteiger partial charge < -0.3 is 19.5 Å². The van der Waals surface area contributed by atoms with Crippen LogP contribution in [0.1, 0.15) is 34.5 Å². The van der Waals surface area contributed by atoms with E-state index >= 15 is 0 Å². The molecule has 1 aliphatic heterocycles. The summed E-state index contributed by atoms with van der Waals surface area (Å²) in [7, 11) is 0. The summed E-state index contributed by atoms with van der Waals surface area (Å²) in [5.41, 5.74) is 5.50. The summed E-state index contributed by atoms with van der Waals surface area (Å²) >= 11 is 0. The number of rotatable bonds is 7. The Bertz CT molecular complexity index is 1240. The van der Waals surface area contributed by atoms with Gasteiger partial charge in [-0.15, -0.1) is 0 Å². The van der Waals surface area contributed by atoms with E-state index < -0.39 is 18.5 Å². The Labute approximate surface area is 204 Å². The SMILES string of the molecule is Cc1ccc(Cn2nc(C)c(/C=C/C(=O)OCC(=O)Nc3ccc4c(c3)OCCCO4)c2C)cc1. The Kier molecular flexibility index (Phi) is 7.50. The minimum Gasteiger partial charge on any atom is -0.490 e. The first-order valence-corrected chi connectivity index (χ1v) is 11.5. The zero-order valence-electron chi connectivity index (χ0n) is 20.2. The highest BCUT2D eigenvalue weighted by Crippen LogP contribution is 2.32. The number of esters is 1. The van der Waals surface area contributed by atoms with Crippen LogP contribution in [-0.2, 0) is 20.9 Å². The first-order chi connectivity index (χ1) is 16.9. The minimum atomic E-state index is -0.608. The Balaban J connectivity index is 1.30. The Morgan fingerprint density at radius 3 is 2.57 bits per heavy atom. The molecule has 0 saturated heterocycles. The molecule has 0 saturated carbocycles. The number of benzene rings is 2. The molecule has 182 valence electrons. The van der Waals surface area contributed by atoms with E-state index in [1.807, 2.05) is 18.5 Å². The van der Waals surface area contributed by atoms with Crippen molar-refractivity contribution < 1.29 is 23.8 Å². The first kappa shape index (κ1) is 24.1. The van der Waals surface area contributed by atoms with Crippen molar-refractivity contribution in [1.82, 2.24) is 9.78 Å². The van der Waals surface area contributed by atoms with E-state index in [0.717, 1.165) is 28.9 Å². The third-order valence-corrected chi connectivity index (χ3v) is 5.65. The molecule has 0 bridgehead atoms. The monoisotopic (exact) mass is 475 g/mol. The number of ether oxygens (including phenoxy) is 3. The van der Waals surface area contributed by atoms with E-state index in [9.17, 15) is 9.59 Å². The van der Waals surface area contributed by atoms with Crippen LogP contribution in [0.15, 0.2) is 48.5 Å². The normalized spacial score (nSPS) is 12.9. The molecule has 35 heavy (non-hydrogen) atoms. The zero-order chi connectivity index (χ0) is 24.8. The summed E-state index contributed by atoms with van der Waals surface area (Å²) in [5.74, 6) is 0.169. The maximum absolute atomic E-state index is 12.2. The van der Waals surface area contributed by atoms with Crippen molar-refractivity contribution in [3.63, 3.8) is 0 Å². The van der Waals surface area contributed by atoms with Gasteiger partial charge in [0, 0.05) is 35.5 Å². The molecule has 0 fully saturated rings. The van der Waals surface area contributed by atoms with E-state index in [1.165, 1.54) is 11.6 Å². The predicted octanol–water partition coefficient (Wildman–Crippen LogP) is 4.21. The van der Waals surface area contributed by atoms with Crippen molar-refractivity contribution in [2.24, 2.45) is 0 Å². The van der Waals surface area contributed by atoms with Crippen LogP contribution in [-0.4, -0.2) is 41.5 Å². The fraction of sp³-hybridized carbons (Fsp3) is 0.296. The highest BCUT2D eigenvalue weighted by Gasteiger charge is 2.13. The number of carbonyl (C=O) groups excluding carboxylic acids is 2. The van der Waals surface area contributed by atoms with Crippen molar-refractivity contribution in [2.75, 3.05) is 25.1 Å². The van der Waals surface area contributed by atoms with Crippen molar-refractivity contribution in [1.29, 1.82) is 0 Å². The molecule has 0 aliphatic carbocycles. The van der Waals surface area contributed by atoms with Crippen molar-refractivity contribution in [3.8, 4) is 11.5 Å². The van der Waals surface area contributed by atoms with Crippen molar-refractivity contribution in [2.45, 2.75) is 33.7 Å². The largest absolute Gasteiger partial charge is 0.490 e. The van der Waals surface area contributed by atoms with Gasteiger partial charge in [-0.05, 0) is 44.5 Å². The number of carbonyl (C=O) groups is 2. The Morgan fingerprint density at radius 2 is 1.80 bits per heavy atom. The summed E-state index contributed by atoms with van der Waals surface area (Å²) in [6, 6.07) is 13.5. The molecular weight excluding hydrogens is 446 g/mol. The van der Waals surface area contributed by atoms with Gasteiger partial charge >= 0.3 is 5.97 Å². The molecule has 4 rings (SSSR count). The predicted molar refractivity (Wildman–Crippen MR) is 133 cm³/mol. The summed E-state index contributed by atoms with van der Waals surface area (Å²) in [6.07, 6.45) is 3.79. The lowest BCUT2D eigenvalue weighted by atomic mass is 10.1.